The van der Waals surface area contributed by atoms with E-state index in [9.17, 15) is 0 Å². The van der Waals surface area contributed by atoms with Crippen molar-refractivity contribution >= 4 is 0 Å². The van der Waals surface area contributed by atoms with Crippen molar-refractivity contribution in [3.8, 4) is 17.1 Å². The van der Waals surface area contributed by atoms with Crippen LogP contribution in [-0.4, -0.2) is 32.0 Å². The molecular weight excluding hydrogens is 258 g/mol. The number of nitrogens with zero attached hydrogens (tertiary/aromatic N) is 5. The lowest BCUT2D eigenvalue weighted by Gasteiger charge is -2.05. The first-order valence-electron chi connectivity index (χ1n) is 6.10. The van der Waals surface area contributed by atoms with Gasteiger partial charge in [0.2, 0.25) is 5.82 Å². The Morgan fingerprint density at radius 2 is 2.15 bits per heavy atom. The molecule has 1 aromatic carbocycles. The summed E-state index contributed by atoms with van der Waals surface area (Å²) < 4.78 is 12.2. The minimum atomic E-state index is -0.173. The minimum Gasteiger partial charge on any atom is -0.496 e. The Hall–Kier alpha value is -2.70. The number of aromatic nitrogens is 5. The lowest BCUT2D eigenvalue weighted by atomic mass is 10.2. The molecule has 2 aromatic heterocycles. The molecule has 0 spiro atoms. The van der Waals surface area contributed by atoms with Gasteiger partial charge in [-0.2, -0.15) is 10.1 Å². The molecule has 0 unspecified atom stereocenters. The third-order valence-electron chi connectivity index (χ3n) is 2.98. The SMILES string of the molecule is COc1ccccc1-c1noc([C@@H](C)n2cncn2)n1. The summed E-state index contributed by atoms with van der Waals surface area (Å²) in [6.07, 6.45) is 3.08. The molecule has 0 saturated heterocycles. The molecule has 0 saturated carbocycles. The molecule has 0 amide bonds. The molecule has 3 rings (SSSR count). The van der Waals surface area contributed by atoms with Gasteiger partial charge in [-0.25, -0.2) is 9.67 Å². The molecule has 0 aliphatic heterocycles. The maximum absolute atomic E-state index is 5.30. The molecule has 0 aliphatic carbocycles. The molecule has 2 heterocycles. The number of hydrogen-bond donors (Lipinski definition) is 0. The Bertz CT molecular complexity index is 692. The molecule has 0 fully saturated rings. The second kappa shape index (κ2) is 5.12. The highest BCUT2D eigenvalue weighted by molar-refractivity contribution is 5.63. The fraction of sp³-hybridized carbons (Fsp3) is 0.231. The van der Waals surface area contributed by atoms with Crippen molar-refractivity contribution in [3.05, 3.63) is 42.8 Å². The van der Waals surface area contributed by atoms with Gasteiger partial charge in [-0.05, 0) is 19.1 Å². The normalized spacial score (nSPS) is 12.3. The molecule has 0 radical (unpaired) electrons. The first-order valence-corrected chi connectivity index (χ1v) is 6.10. The van der Waals surface area contributed by atoms with Gasteiger partial charge in [0.1, 0.15) is 24.4 Å². The number of methoxy groups -OCH3 is 1. The van der Waals surface area contributed by atoms with E-state index >= 15 is 0 Å². The van der Waals surface area contributed by atoms with E-state index in [0.29, 0.717) is 17.5 Å². The first kappa shape index (κ1) is 12.3. The van der Waals surface area contributed by atoms with Crippen LogP contribution in [-0.2, 0) is 0 Å². The van der Waals surface area contributed by atoms with E-state index < -0.39 is 0 Å². The quantitative estimate of drug-likeness (QED) is 0.721. The predicted molar refractivity (Wildman–Crippen MR) is 70.1 cm³/mol. The van der Waals surface area contributed by atoms with Crippen molar-refractivity contribution in [1.82, 2.24) is 24.9 Å². The minimum absolute atomic E-state index is 0.173. The Balaban J connectivity index is 1.94. The third-order valence-corrected chi connectivity index (χ3v) is 2.98. The van der Waals surface area contributed by atoms with Crippen molar-refractivity contribution in [2.75, 3.05) is 7.11 Å². The zero-order valence-corrected chi connectivity index (χ0v) is 11.1. The summed E-state index contributed by atoms with van der Waals surface area (Å²) in [6, 6.07) is 7.35. The molecule has 102 valence electrons. The molecule has 20 heavy (non-hydrogen) atoms. The highest BCUT2D eigenvalue weighted by Gasteiger charge is 2.18. The van der Waals surface area contributed by atoms with Gasteiger partial charge < -0.3 is 9.26 Å². The van der Waals surface area contributed by atoms with Crippen LogP contribution >= 0.6 is 0 Å². The van der Waals surface area contributed by atoms with Crippen LogP contribution in [0.4, 0.5) is 0 Å². The van der Waals surface area contributed by atoms with Crippen LogP contribution in [0.15, 0.2) is 41.4 Å². The molecule has 0 aliphatic rings. The van der Waals surface area contributed by atoms with Gasteiger partial charge in [-0.3, -0.25) is 0 Å². The van der Waals surface area contributed by atoms with Crippen LogP contribution in [0.2, 0.25) is 0 Å². The largest absolute Gasteiger partial charge is 0.496 e. The zero-order valence-electron chi connectivity index (χ0n) is 11.1. The number of ether oxygens (including phenoxy) is 1. The highest BCUT2D eigenvalue weighted by Crippen LogP contribution is 2.28. The summed E-state index contributed by atoms with van der Waals surface area (Å²) in [5.74, 6) is 1.66. The fourth-order valence-electron chi connectivity index (χ4n) is 1.87. The second-order valence-electron chi connectivity index (χ2n) is 4.21. The molecule has 0 bridgehead atoms. The van der Waals surface area contributed by atoms with E-state index in [-0.39, 0.29) is 6.04 Å². The maximum Gasteiger partial charge on any atom is 0.251 e. The summed E-state index contributed by atoms with van der Waals surface area (Å²) in [5, 5.41) is 8.06. The highest BCUT2D eigenvalue weighted by atomic mass is 16.5. The maximum atomic E-state index is 5.30. The monoisotopic (exact) mass is 271 g/mol. The average molecular weight is 271 g/mol. The van der Waals surface area contributed by atoms with Gasteiger partial charge >= 0.3 is 0 Å². The third kappa shape index (κ3) is 2.13. The van der Waals surface area contributed by atoms with Crippen LogP contribution in [0.1, 0.15) is 18.9 Å². The van der Waals surface area contributed by atoms with E-state index in [0.717, 1.165) is 5.56 Å². The summed E-state index contributed by atoms with van der Waals surface area (Å²) in [4.78, 5) is 8.30. The molecule has 3 aromatic rings. The molecule has 1 atom stereocenters. The van der Waals surface area contributed by atoms with E-state index in [1.54, 1.807) is 18.1 Å². The number of benzene rings is 1. The van der Waals surface area contributed by atoms with Crippen LogP contribution in [0, 0.1) is 0 Å². The summed E-state index contributed by atoms with van der Waals surface area (Å²) in [7, 11) is 1.61. The van der Waals surface area contributed by atoms with Gasteiger partial charge in [0, 0.05) is 0 Å². The second-order valence-corrected chi connectivity index (χ2v) is 4.21. The zero-order chi connectivity index (χ0) is 13.9. The predicted octanol–water partition coefficient (Wildman–Crippen LogP) is 1.95. The van der Waals surface area contributed by atoms with E-state index in [2.05, 4.69) is 20.2 Å². The fourth-order valence-corrected chi connectivity index (χ4v) is 1.87. The Kier molecular flexibility index (Phi) is 3.16. The first-order chi connectivity index (χ1) is 9.79. The van der Waals surface area contributed by atoms with Crippen LogP contribution in [0.25, 0.3) is 11.4 Å². The topological polar surface area (TPSA) is 78.9 Å². The molecule has 7 heteroatoms. The lowest BCUT2D eigenvalue weighted by Crippen LogP contribution is -2.07. The Morgan fingerprint density at radius 1 is 1.30 bits per heavy atom. The number of hydrogen-bond acceptors (Lipinski definition) is 6. The summed E-state index contributed by atoms with van der Waals surface area (Å²) in [6.45, 7) is 1.91. The van der Waals surface area contributed by atoms with E-state index in [1.807, 2.05) is 31.2 Å². The lowest BCUT2D eigenvalue weighted by molar-refractivity contribution is 0.336. The van der Waals surface area contributed by atoms with Crippen molar-refractivity contribution in [2.24, 2.45) is 0 Å². The van der Waals surface area contributed by atoms with Crippen LogP contribution < -0.4 is 4.74 Å². The molecular formula is C13H13N5O2. The van der Waals surface area contributed by atoms with Gasteiger partial charge in [0.15, 0.2) is 0 Å². The smallest absolute Gasteiger partial charge is 0.251 e. The van der Waals surface area contributed by atoms with Gasteiger partial charge in [0.05, 0.1) is 12.7 Å². The van der Waals surface area contributed by atoms with Crippen LogP contribution in [0.5, 0.6) is 5.75 Å². The van der Waals surface area contributed by atoms with Crippen molar-refractivity contribution in [2.45, 2.75) is 13.0 Å². The van der Waals surface area contributed by atoms with Gasteiger partial charge in [-0.1, -0.05) is 17.3 Å². The average Bonchev–Trinajstić information content (AvgIpc) is 3.18. The van der Waals surface area contributed by atoms with Gasteiger partial charge in [-0.15, -0.1) is 0 Å². The molecule has 0 N–H and O–H groups in total. The van der Waals surface area contributed by atoms with Gasteiger partial charge in [0.25, 0.3) is 5.89 Å². The summed E-state index contributed by atoms with van der Waals surface area (Å²) >= 11 is 0. The molecule has 7 nitrogen and oxygen atoms in total. The summed E-state index contributed by atoms with van der Waals surface area (Å²) in [5.41, 5.74) is 0.788. The van der Waals surface area contributed by atoms with E-state index in [4.69, 9.17) is 9.26 Å². The van der Waals surface area contributed by atoms with E-state index in [1.165, 1.54) is 6.33 Å². The van der Waals surface area contributed by atoms with Crippen molar-refractivity contribution < 1.29 is 9.26 Å². The number of para-hydroxylation sites is 1. The Morgan fingerprint density at radius 3 is 2.90 bits per heavy atom. The van der Waals surface area contributed by atoms with Crippen LogP contribution in [0.3, 0.4) is 0 Å². The standard InChI is InChI=1S/C13H13N5O2/c1-9(18-8-14-7-15-18)13-16-12(17-20-13)10-5-3-4-6-11(10)19-2/h3-9H,1-2H3/t9-/m1/s1. The van der Waals surface area contributed by atoms with Crippen molar-refractivity contribution in [3.63, 3.8) is 0 Å². The van der Waals surface area contributed by atoms with Crippen molar-refractivity contribution in [1.29, 1.82) is 0 Å². The number of rotatable bonds is 4. The Labute approximate surface area is 115 Å².